The maximum Gasteiger partial charge on any atom is 0.309 e. The summed E-state index contributed by atoms with van der Waals surface area (Å²) in [5.74, 6) is -0.753. The Balaban J connectivity index is 2.83. The first-order valence-corrected chi connectivity index (χ1v) is 5.47. The van der Waals surface area contributed by atoms with Gasteiger partial charge in [0.05, 0.1) is 5.41 Å². The first-order chi connectivity index (χ1) is 6.42. The minimum absolute atomic E-state index is 0.569. The Morgan fingerprint density at radius 1 is 1.50 bits per heavy atom. The third kappa shape index (κ3) is 2.97. The molecule has 0 saturated carbocycles. The molecule has 0 aliphatic carbocycles. The Bertz CT molecular complexity index is 345. The van der Waals surface area contributed by atoms with Crippen molar-refractivity contribution in [3.63, 3.8) is 0 Å². The van der Waals surface area contributed by atoms with E-state index in [1.54, 1.807) is 13.8 Å². The van der Waals surface area contributed by atoms with Gasteiger partial charge < -0.3 is 5.11 Å². The molecule has 0 amide bonds. The van der Waals surface area contributed by atoms with Gasteiger partial charge in [0, 0.05) is 3.57 Å². The van der Waals surface area contributed by atoms with Gasteiger partial charge >= 0.3 is 5.97 Å². The van der Waals surface area contributed by atoms with Gasteiger partial charge in [-0.05, 0) is 60.6 Å². The molecule has 1 rings (SSSR count). The van der Waals surface area contributed by atoms with Crippen LogP contribution in [0.2, 0.25) is 0 Å². The van der Waals surface area contributed by atoms with Crippen LogP contribution in [0.3, 0.4) is 0 Å². The van der Waals surface area contributed by atoms with Crippen molar-refractivity contribution in [2.24, 2.45) is 5.41 Å². The lowest BCUT2D eigenvalue weighted by Crippen LogP contribution is -2.26. The molecule has 0 aliphatic rings. The highest BCUT2D eigenvalue weighted by molar-refractivity contribution is 14.1. The molecule has 14 heavy (non-hydrogen) atoms. The van der Waals surface area contributed by atoms with E-state index in [-0.39, 0.29) is 0 Å². The third-order valence-electron chi connectivity index (χ3n) is 2.11. The Morgan fingerprint density at radius 2 is 2.14 bits per heavy atom. The van der Waals surface area contributed by atoms with Crippen LogP contribution >= 0.6 is 22.6 Å². The van der Waals surface area contributed by atoms with Gasteiger partial charge in [-0.15, -0.1) is 0 Å². The Kier molecular flexibility index (Phi) is 3.53. The number of benzene rings is 1. The molecule has 1 N–H and O–H groups in total. The maximum atomic E-state index is 10.9. The highest BCUT2D eigenvalue weighted by Crippen LogP contribution is 2.22. The number of carbonyl (C=O) groups is 1. The van der Waals surface area contributed by atoms with Crippen molar-refractivity contribution in [3.8, 4) is 0 Å². The first kappa shape index (κ1) is 11.5. The van der Waals surface area contributed by atoms with Crippen LogP contribution in [0.25, 0.3) is 0 Å². The number of carboxylic acid groups (broad SMARTS) is 1. The van der Waals surface area contributed by atoms with Crippen LogP contribution in [-0.4, -0.2) is 11.1 Å². The summed E-state index contributed by atoms with van der Waals surface area (Å²) in [4.78, 5) is 10.9. The zero-order chi connectivity index (χ0) is 10.8. The van der Waals surface area contributed by atoms with E-state index in [9.17, 15) is 4.79 Å². The minimum Gasteiger partial charge on any atom is -0.481 e. The second kappa shape index (κ2) is 4.29. The number of aliphatic carboxylic acids is 1. The second-order valence-electron chi connectivity index (χ2n) is 4.00. The van der Waals surface area contributed by atoms with E-state index in [4.69, 9.17) is 5.11 Å². The molecule has 0 bridgehead atoms. The van der Waals surface area contributed by atoms with Crippen LogP contribution in [0.4, 0.5) is 0 Å². The van der Waals surface area contributed by atoms with Crippen molar-refractivity contribution in [2.45, 2.75) is 20.3 Å². The summed E-state index contributed by atoms with van der Waals surface area (Å²) in [5, 5.41) is 8.97. The molecule has 1 aromatic rings. The smallest absolute Gasteiger partial charge is 0.309 e. The summed E-state index contributed by atoms with van der Waals surface area (Å²) in [6.07, 6.45) is 0.569. The van der Waals surface area contributed by atoms with Crippen molar-refractivity contribution >= 4 is 28.6 Å². The van der Waals surface area contributed by atoms with Gasteiger partial charge in [-0.3, -0.25) is 4.79 Å². The fraction of sp³-hybridized carbons (Fsp3) is 0.364. The van der Waals surface area contributed by atoms with Crippen molar-refractivity contribution in [1.82, 2.24) is 0 Å². The fourth-order valence-corrected chi connectivity index (χ4v) is 1.84. The molecular formula is C11H13IO2. The van der Waals surface area contributed by atoms with E-state index in [0.717, 1.165) is 9.13 Å². The monoisotopic (exact) mass is 304 g/mol. The highest BCUT2D eigenvalue weighted by Gasteiger charge is 2.27. The molecule has 0 spiro atoms. The van der Waals surface area contributed by atoms with Crippen LogP contribution < -0.4 is 0 Å². The van der Waals surface area contributed by atoms with E-state index < -0.39 is 11.4 Å². The quantitative estimate of drug-likeness (QED) is 0.872. The van der Waals surface area contributed by atoms with Crippen LogP contribution in [0.15, 0.2) is 24.3 Å². The van der Waals surface area contributed by atoms with Gasteiger partial charge in [0.1, 0.15) is 0 Å². The lowest BCUT2D eigenvalue weighted by molar-refractivity contribution is -0.146. The van der Waals surface area contributed by atoms with Crippen molar-refractivity contribution in [1.29, 1.82) is 0 Å². The first-order valence-electron chi connectivity index (χ1n) is 4.40. The summed E-state index contributed by atoms with van der Waals surface area (Å²) in [7, 11) is 0. The second-order valence-corrected chi connectivity index (χ2v) is 5.24. The molecule has 0 heterocycles. The molecule has 3 heteroatoms. The summed E-state index contributed by atoms with van der Waals surface area (Å²) in [6.45, 7) is 3.49. The summed E-state index contributed by atoms with van der Waals surface area (Å²) >= 11 is 2.23. The maximum absolute atomic E-state index is 10.9. The van der Waals surface area contributed by atoms with Gasteiger partial charge in [-0.1, -0.05) is 12.1 Å². The standard InChI is InChI=1S/C11H13IO2/c1-11(2,10(13)14)7-8-4-3-5-9(12)6-8/h3-6H,7H2,1-2H3,(H,13,14). The van der Waals surface area contributed by atoms with Crippen molar-refractivity contribution in [3.05, 3.63) is 33.4 Å². The molecular weight excluding hydrogens is 291 g/mol. The molecule has 0 atom stereocenters. The summed E-state index contributed by atoms with van der Waals surface area (Å²) in [5.41, 5.74) is 0.383. The van der Waals surface area contributed by atoms with E-state index in [1.807, 2.05) is 24.3 Å². The molecule has 0 saturated heterocycles. The number of hydrogen-bond donors (Lipinski definition) is 1. The molecule has 0 fully saturated rings. The average Bonchev–Trinajstić information content (AvgIpc) is 2.02. The van der Waals surface area contributed by atoms with Crippen LogP contribution in [0, 0.1) is 8.99 Å². The molecule has 76 valence electrons. The molecule has 1 aromatic carbocycles. The predicted octanol–water partition coefficient (Wildman–Crippen LogP) is 2.94. The van der Waals surface area contributed by atoms with Gasteiger partial charge in [-0.2, -0.15) is 0 Å². The van der Waals surface area contributed by atoms with Crippen molar-refractivity contribution in [2.75, 3.05) is 0 Å². The lowest BCUT2D eigenvalue weighted by Gasteiger charge is -2.18. The molecule has 0 aliphatic heterocycles. The van der Waals surface area contributed by atoms with E-state index in [1.165, 1.54) is 0 Å². The zero-order valence-electron chi connectivity index (χ0n) is 8.25. The largest absolute Gasteiger partial charge is 0.481 e. The normalized spacial score (nSPS) is 11.4. The molecule has 2 nitrogen and oxygen atoms in total. The molecule has 0 radical (unpaired) electrons. The Morgan fingerprint density at radius 3 is 2.64 bits per heavy atom. The number of rotatable bonds is 3. The zero-order valence-corrected chi connectivity index (χ0v) is 10.4. The van der Waals surface area contributed by atoms with Crippen LogP contribution in [0.1, 0.15) is 19.4 Å². The van der Waals surface area contributed by atoms with Gasteiger partial charge in [0.25, 0.3) is 0 Å². The Labute approximate surface area is 97.5 Å². The fourth-order valence-electron chi connectivity index (χ4n) is 1.23. The van der Waals surface area contributed by atoms with E-state index in [0.29, 0.717) is 6.42 Å². The van der Waals surface area contributed by atoms with Crippen LogP contribution in [0.5, 0.6) is 0 Å². The third-order valence-corrected chi connectivity index (χ3v) is 2.79. The average molecular weight is 304 g/mol. The van der Waals surface area contributed by atoms with Gasteiger partial charge in [0.15, 0.2) is 0 Å². The van der Waals surface area contributed by atoms with Crippen LogP contribution in [-0.2, 0) is 11.2 Å². The van der Waals surface area contributed by atoms with Gasteiger partial charge in [-0.25, -0.2) is 0 Å². The highest BCUT2D eigenvalue weighted by atomic mass is 127. The van der Waals surface area contributed by atoms with Crippen molar-refractivity contribution < 1.29 is 9.90 Å². The van der Waals surface area contributed by atoms with Gasteiger partial charge in [0.2, 0.25) is 0 Å². The lowest BCUT2D eigenvalue weighted by atomic mass is 9.86. The summed E-state index contributed by atoms with van der Waals surface area (Å²) < 4.78 is 1.14. The molecule has 0 unspecified atom stereocenters. The SMILES string of the molecule is CC(C)(Cc1cccc(I)c1)C(=O)O. The number of halogens is 1. The van der Waals surface area contributed by atoms with E-state index >= 15 is 0 Å². The topological polar surface area (TPSA) is 37.3 Å². The minimum atomic E-state index is -0.753. The number of carboxylic acids is 1. The predicted molar refractivity (Wildman–Crippen MR) is 64.3 cm³/mol. The van der Waals surface area contributed by atoms with E-state index in [2.05, 4.69) is 22.6 Å². The number of hydrogen-bond acceptors (Lipinski definition) is 1. The summed E-state index contributed by atoms with van der Waals surface area (Å²) in [6, 6.07) is 7.94. The Hall–Kier alpha value is -0.580. The molecule has 0 aromatic heterocycles.